The lowest BCUT2D eigenvalue weighted by Gasteiger charge is -2.07. The molecule has 132 valence electrons. The number of rotatable bonds is 8. The van der Waals surface area contributed by atoms with E-state index >= 15 is 0 Å². The van der Waals surface area contributed by atoms with Crippen LogP contribution in [-0.2, 0) is 11.2 Å². The number of halogens is 3. The van der Waals surface area contributed by atoms with E-state index in [9.17, 15) is 18.0 Å². The summed E-state index contributed by atoms with van der Waals surface area (Å²) in [5.41, 5.74) is 1.93. The number of benzene rings is 1. The number of carbonyl (C=O) groups is 1. The Balaban J connectivity index is 2.35. The summed E-state index contributed by atoms with van der Waals surface area (Å²) >= 11 is 0. The molecule has 0 saturated heterocycles. The van der Waals surface area contributed by atoms with E-state index in [2.05, 4.69) is 18.8 Å². The highest BCUT2D eigenvalue weighted by molar-refractivity contribution is 5.81. The highest BCUT2D eigenvalue weighted by atomic mass is 19.4. The molecule has 1 N–H and O–H groups in total. The molecule has 0 spiro atoms. The zero-order valence-electron chi connectivity index (χ0n) is 14.0. The van der Waals surface area contributed by atoms with E-state index in [-0.39, 0.29) is 6.54 Å². The molecule has 0 aliphatic heterocycles. The van der Waals surface area contributed by atoms with Gasteiger partial charge in [0.1, 0.15) is 0 Å². The van der Waals surface area contributed by atoms with Crippen LogP contribution in [-0.4, -0.2) is 18.6 Å². The highest BCUT2D eigenvalue weighted by Gasteiger charge is 2.38. The van der Waals surface area contributed by atoms with Gasteiger partial charge in [-0.25, -0.2) is 0 Å². The molecule has 0 aliphatic carbocycles. The standard InChI is InChI=1S/C19H24F3NO/c1-2-3-4-5-6-7-10-16-11-8-12-17(15-16)13-9-14-23-18(24)19(20,21)22/h8,11-12,15H,2-6,9,13-14H2,1H3,(H,23,24). The number of aryl methyl sites for hydroxylation is 1. The number of nitrogens with one attached hydrogen (secondary N) is 1. The van der Waals surface area contributed by atoms with Crippen LogP contribution in [0.25, 0.3) is 0 Å². The molecule has 0 saturated carbocycles. The summed E-state index contributed by atoms with van der Waals surface area (Å²) in [5.74, 6) is 4.39. The van der Waals surface area contributed by atoms with Gasteiger partial charge in [-0.15, -0.1) is 0 Å². The fourth-order valence-corrected chi connectivity index (χ4v) is 2.20. The molecule has 1 aromatic rings. The zero-order valence-corrected chi connectivity index (χ0v) is 14.0. The Hall–Kier alpha value is -1.96. The molecule has 0 heterocycles. The number of amides is 1. The van der Waals surface area contributed by atoms with Crippen LogP contribution in [0.1, 0.15) is 56.6 Å². The fraction of sp³-hybridized carbons (Fsp3) is 0.526. The molecule has 0 aliphatic rings. The third-order valence-electron chi connectivity index (χ3n) is 3.50. The Bertz CT molecular complexity index is 570. The fourth-order valence-electron chi connectivity index (χ4n) is 2.20. The van der Waals surface area contributed by atoms with Crippen LogP contribution in [0, 0.1) is 11.8 Å². The molecule has 0 atom stereocenters. The molecular formula is C19H24F3NO. The first kappa shape index (κ1) is 20.1. The van der Waals surface area contributed by atoms with E-state index in [1.807, 2.05) is 29.6 Å². The van der Waals surface area contributed by atoms with Crippen LogP contribution in [0.5, 0.6) is 0 Å². The third-order valence-corrected chi connectivity index (χ3v) is 3.50. The minimum absolute atomic E-state index is 0.00563. The number of hydrogen-bond donors (Lipinski definition) is 1. The minimum Gasteiger partial charge on any atom is -0.348 e. The van der Waals surface area contributed by atoms with Crippen LogP contribution in [0.4, 0.5) is 13.2 Å². The Morgan fingerprint density at radius 1 is 1.17 bits per heavy atom. The molecule has 0 fully saturated rings. The predicted molar refractivity (Wildman–Crippen MR) is 89.5 cm³/mol. The Morgan fingerprint density at radius 2 is 1.96 bits per heavy atom. The van der Waals surface area contributed by atoms with Gasteiger partial charge in [-0.1, -0.05) is 50.2 Å². The molecule has 1 amide bonds. The van der Waals surface area contributed by atoms with Gasteiger partial charge in [-0.05, 0) is 37.0 Å². The summed E-state index contributed by atoms with van der Waals surface area (Å²) in [6.07, 6.45) is 1.88. The topological polar surface area (TPSA) is 29.1 Å². The van der Waals surface area contributed by atoms with Crippen molar-refractivity contribution in [2.24, 2.45) is 0 Å². The number of alkyl halides is 3. The normalized spacial score (nSPS) is 10.8. The maximum atomic E-state index is 12.0. The summed E-state index contributed by atoms with van der Waals surface area (Å²) in [7, 11) is 0. The summed E-state index contributed by atoms with van der Waals surface area (Å²) in [6.45, 7) is 2.18. The van der Waals surface area contributed by atoms with Crippen LogP contribution >= 0.6 is 0 Å². The average molecular weight is 339 g/mol. The van der Waals surface area contributed by atoms with Gasteiger partial charge in [-0.2, -0.15) is 13.2 Å². The average Bonchev–Trinajstić information content (AvgIpc) is 2.54. The maximum absolute atomic E-state index is 12.0. The van der Waals surface area contributed by atoms with Crippen molar-refractivity contribution >= 4 is 5.91 Å². The van der Waals surface area contributed by atoms with Crippen molar-refractivity contribution in [3.8, 4) is 11.8 Å². The maximum Gasteiger partial charge on any atom is 0.471 e. The Labute approximate surface area is 141 Å². The SMILES string of the molecule is CCCCCCC#Cc1cccc(CCCNC(=O)C(F)(F)F)c1. The number of unbranched alkanes of at least 4 members (excludes halogenated alkanes) is 4. The van der Waals surface area contributed by atoms with E-state index in [1.54, 1.807) is 0 Å². The van der Waals surface area contributed by atoms with Crippen LogP contribution < -0.4 is 5.32 Å². The van der Waals surface area contributed by atoms with Gasteiger partial charge < -0.3 is 5.32 Å². The van der Waals surface area contributed by atoms with Crippen LogP contribution in [0.15, 0.2) is 24.3 Å². The van der Waals surface area contributed by atoms with Crippen molar-refractivity contribution in [2.45, 2.75) is 58.0 Å². The van der Waals surface area contributed by atoms with Crippen molar-refractivity contribution in [3.05, 3.63) is 35.4 Å². The second-order valence-electron chi connectivity index (χ2n) is 5.67. The first-order valence-electron chi connectivity index (χ1n) is 8.36. The van der Waals surface area contributed by atoms with Crippen molar-refractivity contribution < 1.29 is 18.0 Å². The number of hydrogen-bond acceptors (Lipinski definition) is 1. The lowest BCUT2D eigenvalue weighted by Crippen LogP contribution is -2.37. The lowest BCUT2D eigenvalue weighted by atomic mass is 10.1. The summed E-state index contributed by atoms with van der Waals surface area (Å²) in [6, 6.07) is 7.68. The predicted octanol–water partition coefficient (Wildman–Crippen LogP) is 4.62. The molecule has 5 heteroatoms. The number of carbonyl (C=O) groups excluding carboxylic acids is 1. The summed E-state index contributed by atoms with van der Waals surface area (Å²) in [5, 5.41) is 1.87. The molecule has 0 unspecified atom stereocenters. The van der Waals surface area contributed by atoms with Crippen LogP contribution in [0.2, 0.25) is 0 Å². The molecule has 24 heavy (non-hydrogen) atoms. The molecule has 0 bridgehead atoms. The van der Waals surface area contributed by atoms with Crippen molar-refractivity contribution in [1.82, 2.24) is 5.32 Å². The zero-order chi connectivity index (χ0) is 17.8. The Morgan fingerprint density at radius 3 is 2.67 bits per heavy atom. The van der Waals surface area contributed by atoms with Gasteiger partial charge >= 0.3 is 12.1 Å². The second kappa shape index (κ2) is 10.7. The van der Waals surface area contributed by atoms with Gasteiger partial charge in [0.25, 0.3) is 0 Å². The quantitative estimate of drug-likeness (QED) is 0.543. The molecule has 2 nitrogen and oxygen atoms in total. The van der Waals surface area contributed by atoms with E-state index in [0.29, 0.717) is 12.8 Å². The first-order chi connectivity index (χ1) is 11.4. The highest BCUT2D eigenvalue weighted by Crippen LogP contribution is 2.14. The molecule has 0 radical (unpaired) electrons. The molecule has 1 aromatic carbocycles. The minimum atomic E-state index is -4.81. The van der Waals surface area contributed by atoms with E-state index in [4.69, 9.17) is 0 Å². The second-order valence-corrected chi connectivity index (χ2v) is 5.67. The summed E-state index contributed by atoms with van der Waals surface area (Å²) in [4.78, 5) is 10.7. The Kier molecular flexibility index (Phi) is 8.99. The molecule has 0 aromatic heterocycles. The third kappa shape index (κ3) is 8.61. The van der Waals surface area contributed by atoms with Gasteiger partial charge in [-0.3, -0.25) is 4.79 Å². The monoisotopic (exact) mass is 339 g/mol. The smallest absolute Gasteiger partial charge is 0.348 e. The van der Waals surface area contributed by atoms with Crippen molar-refractivity contribution in [1.29, 1.82) is 0 Å². The van der Waals surface area contributed by atoms with E-state index in [0.717, 1.165) is 24.0 Å². The van der Waals surface area contributed by atoms with Crippen LogP contribution in [0.3, 0.4) is 0 Å². The van der Waals surface area contributed by atoms with E-state index < -0.39 is 12.1 Å². The van der Waals surface area contributed by atoms with E-state index in [1.165, 1.54) is 19.3 Å². The van der Waals surface area contributed by atoms with Crippen molar-refractivity contribution in [3.63, 3.8) is 0 Å². The van der Waals surface area contributed by atoms with Gasteiger partial charge in [0.2, 0.25) is 0 Å². The van der Waals surface area contributed by atoms with Gasteiger partial charge in [0.15, 0.2) is 0 Å². The van der Waals surface area contributed by atoms with Crippen molar-refractivity contribution in [2.75, 3.05) is 6.54 Å². The van der Waals surface area contributed by atoms with Gasteiger partial charge in [0, 0.05) is 18.5 Å². The molecular weight excluding hydrogens is 315 g/mol. The molecule has 1 rings (SSSR count). The lowest BCUT2D eigenvalue weighted by molar-refractivity contribution is -0.173. The first-order valence-corrected chi connectivity index (χ1v) is 8.36. The van der Waals surface area contributed by atoms with Gasteiger partial charge in [0.05, 0.1) is 0 Å². The summed E-state index contributed by atoms with van der Waals surface area (Å²) < 4.78 is 36.1. The largest absolute Gasteiger partial charge is 0.471 e.